The summed E-state index contributed by atoms with van der Waals surface area (Å²) < 4.78 is 5.46. The summed E-state index contributed by atoms with van der Waals surface area (Å²) in [6.45, 7) is 0.253. The number of hydrogen-bond donors (Lipinski definition) is 2. The molecule has 1 aliphatic rings. The van der Waals surface area contributed by atoms with Crippen LogP contribution in [0.15, 0.2) is 18.2 Å². The van der Waals surface area contributed by atoms with Crippen LogP contribution in [0.1, 0.15) is 28.8 Å². The first-order chi connectivity index (χ1) is 11.1. The van der Waals surface area contributed by atoms with Gasteiger partial charge in [-0.1, -0.05) is 6.07 Å². The highest BCUT2D eigenvalue weighted by Gasteiger charge is 2.37. The molecule has 1 unspecified atom stereocenters. The highest BCUT2D eigenvalue weighted by Crippen LogP contribution is 2.32. The molecule has 2 amide bonds. The molecule has 1 heterocycles. The average Bonchev–Trinajstić information content (AvgIpc) is 2.90. The van der Waals surface area contributed by atoms with Crippen LogP contribution in [0.4, 0.5) is 0 Å². The minimum Gasteiger partial charge on any atom is -0.491 e. The smallest absolute Gasteiger partial charge is 0.255 e. The van der Waals surface area contributed by atoms with E-state index in [1.54, 1.807) is 18.2 Å². The zero-order chi connectivity index (χ0) is 16.8. The lowest BCUT2D eigenvalue weighted by Crippen LogP contribution is -2.46. The number of nitrogens with zero attached hydrogens (tertiary/aromatic N) is 1. The summed E-state index contributed by atoms with van der Waals surface area (Å²) in [6.07, 6.45) is 1.21. The van der Waals surface area contributed by atoms with E-state index in [1.165, 1.54) is 11.9 Å². The first kappa shape index (κ1) is 17.0. The van der Waals surface area contributed by atoms with E-state index in [0.717, 1.165) is 6.29 Å². The lowest BCUT2D eigenvalue weighted by molar-refractivity contribution is -0.125. The normalized spacial score (nSPS) is 14.3. The minimum atomic E-state index is -0.698. The van der Waals surface area contributed by atoms with Crippen LogP contribution in [-0.2, 0) is 16.1 Å². The van der Waals surface area contributed by atoms with Gasteiger partial charge in [0.25, 0.3) is 5.91 Å². The van der Waals surface area contributed by atoms with Crippen molar-refractivity contribution in [3.63, 3.8) is 0 Å². The minimum absolute atomic E-state index is 0.123. The van der Waals surface area contributed by atoms with Crippen LogP contribution in [0.5, 0.6) is 5.75 Å². The van der Waals surface area contributed by atoms with Crippen LogP contribution in [0.3, 0.4) is 0 Å². The zero-order valence-electron chi connectivity index (χ0n) is 12.9. The number of aldehydes is 1. The van der Waals surface area contributed by atoms with Crippen molar-refractivity contribution in [1.29, 1.82) is 0 Å². The van der Waals surface area contributed by atoms with Crippen molar-refractivity contribution in [3.05, 3.63) is 29.3 Å². The lowest BCUT2D eigenvalue weighted by Gasteiger charge is -2.25. The molecule has 0 aliphatic carbocycles. The number of benzene rings is 1. The first-order valence-corrected chi connectivity index (χ1v) is 7.45. The Morgan fingerprint density at radius 2 is 2.30 bits per heavy atom. The molecule has 0 bridgehead atoms. The Bertz CT molecular complexity index is 602. The summed E-state index contributed by atoms with van der Waals surface area (Å²) in [5.74, 6) is -0.0294. The van der Waals surface area contributed by atoms with Gasteiger partial charge in [-0.15, -0.1) is 0 Å². The van der Waals surface area contributed by atoms with Crippen molar-refractivity contribution in [2.24, 2.45) is 0 Å². The van der Waals surface area contributed by atoms with Crippen molar-refractivity contribution in [1.82, 2.24) is 10.2 Å². The van der Waals surface area contributed by atoms with Crippen molar-refractivity contribution in [3.8, 4) is 5.75 Å². The van der Waals surface area contributed by atoms with Gasteiger partial charge in [0.2, 0.25) is 5.91 Å². The van der Waals surface area contributed by atoms with E-state index < -0.39 is 6.04 Å². The SMILES string of the molecule is CNC(=O)C(CCC=O)N1Cc2c(OCCO)cccc2C1=O. The molecule has 124 valence electrons. The van der Waals surface area contributed by atoms with E-state index in [2.05, 4.69) is 5.32 Å². The van der Waals surface area contributed by atoms with Gasteiger partial charge in [0.15, 0.2) is 0 Å². The highest BCUT2D eigenvalue weighted by atomic mass is 16.5. The Hall–Kier alpha value is -2.41. The lowest BCUT2D eigenvalue weighted by atomic mass is 10.1. The van der Waals surface area contributed by atoms with E-state index in [1.807, 2.05) is 0 Å². The molecule has 1 atom stereocenters. The number of hydrogen-bond acceptors (Lipinski definition) is 5. The number of ether oxygens (including phenoxy) is 1. The maximum absolute atomic E-state index is 12.6. The van der Waals surface area contributed by atoms with Crippen molar-refractivity contribution in [2.75, 3.05) is 20.3 Å². The van der Waals surface area contributed by atoms with Gasteiger partial charge in [0.05, 0.1) is 13.2 Å². The molecule has 7 nitrogen and oxygen atoms in total. The van der Waals surface area contributed by atoms with Crippen LogP contribution >= 0.6 is 0 Å². The third-order valence-corrected chi connectivity index (χ3v) is 3.78. The van der Waals surface area contributed by atoms with Crippen LogP contribution in [0.25, 0.3) is 0 Å². The number of aliphatic hydroxyl groups is 1. The second-order valence-electron chi connectivity index (χ2n) is 5.16. The van der Waals surface area contributed by atoms with Gasteiger partial charge in [-0.25, -0.2) is 0 Å². The standard InChI is InChI=1S/C16H20N2O5/c1-17-15(21)13(5-3-7-19)18-10-12-11(16(18)22)4-2-6-14(12)23-9-8-20/h2,4,6-7,13,20H,3,5,8-10H2,1H3,(H,17,21). The molecule has 7 heteroatoms. The number of rotatable bonds is 8. The predicted molar refractivity (Wildman–Crippen MR) is 82.0 cm³/mol. The summed E-state index contributed by atoms with van der Waals surface area (Å²) in [7, 11) is 1.50. The molecule has 0 radical (unpaired) electrons. The molecule has 23 heavy (non-hydrogen) atoms. The molecule has 0 spiro atoms. The van der Waals surface area contributed by atoms with E-state index in [0.29, 0.717) is 16.9 Å². The van der Waals surface area contributed by atoms with Crippen molar-refractivity contribution >= 4 is 18.1 Å². The molecular formula is C16H20N2O5. The summed E-state index contributed by atoms with van der Waals surface area (Å²) in [6, 6.07) is 4.42. The first-order valence-electron chi connectivity index (χ1n) is 7.45. The maximum atomic E-state index is 12.6. The Balaban J connectivity index is 2.27. The van der Waals surface area contributed by atoms with Gasteiger partial charge >= 0.3 is 0 Å². The van der Waals surface area contributed by atoms with Gasteiger partial charge in [0.1, 0.15) is 24.7 Å². The molecule has 0 saturated heterocycles. The van der Waals surface area contributed by atoms with Crippen LogP contribution in [-0.4, -0.2) is 54.4 Å². The van der Waals surface area contributed by atoms with E-state index in [4.69, 9.17) is 9.84 Å². The van der Waals surface area contributed by atoms with Crippen LogP contribution < -0.4 is 10.1 Å². The number of likely N-dealkylation sites (N-methyl/N-ethyl adjacent to an activating group) is 1. The number of nitrogens with one attached hydrogen (secondary N) is 1. The Kier molecular flexibility index (Phi) is 5.70. The fraction of sp³-hybridized carbons (Fsp3) is 0.438. The van der Waals surface area contributed by atoms with E-state index in [-0.39, 0.29) is 44.4 Å². The Morgan fingerprint density at radius 1 is 1.52 bits per heavy atom. The highest BCUT2D eigenvalue weighted by molar-refractivity contribution is 6.01. The van der Waals surface area contributed by atoms with Crippen LogP contribution in [0.2, 0.25) is 0 Å². The zero-order valence-corrected chi connectivity index (χ0v) is 12.9. The number of amides is 2. The van der Waals surface area contributed by atoms with Gasteiger partial charge < -0.3 is 24.9 Å². The van der Waals surface area contributed by atoms with Crippen LogP contribution in [0, 0.1) is 0 Å². The molecular weight excluding hydrogens is 300 g/mol. The molecule has 1 aromatic carbocycles. The number of carbonyl (C=O) groups is 3. The summed E-state index contributed by atoms with van der Waals surface area (Å²) in [5, 5.41) is 11.4. The topological polar surface area (TPSA) is 95.9 Å². The molecule has 1 aliphatic heterocycles. The molecule has 0 aromatic heterocycles. The average molecular weight is 320 g/mol. The van der Waals surface area contributed by atoms with Gasteiger partial charge in [-0.2, -0.15) is 0 Å². The predicted octanol–water partition coefficient (Wildman–Crippen LogP) is 0.107. The summed E-state index contributed by atoms with van der Waals surface area (Å²) in [4.78, 5) is 36.8. The second-order valence-corrected chi connectivity index (χ2v) is 5.16. The fourth-order valence-electron chi connectivity index (χ4n) is 2.69. The van der Waals surface area contributed by atoms with Gasteiger partial charge in [-0.3, -0.25) is 9.59 Å². The Labute approximate surface area is 134 Å². The number of carbonyl (C=O) groups excluding carboxylic acids is 3. The fourth-order valence-corrected chi connectivity index (χ4v) is 2.69. The van der Waals surface area contributed by atoms with Crippen molar-refractivity contribution < 1.29 is 24.2 Å². The quantitative estimate of drug-likeness (QED) is 0.663. The summed E-state index contributed by atoms with van der Waals surface area (Å²) >= 11 is 0. The number of aliphatic hydroxyl groups excluding tert-OH is 1. The third kappa shape index (κ3) is 3.50. The molecule has 0 fully saturated rings. The van der Waals surface area contributed by atoms with E-state index >= 15 is 0 Å². The monoisotopic (exact) mass is 320 g/mol. The maximum Gasteiger partial charge on any atom is 0.255 e. The molecule has 2 N–H and O–H groups in total. The van der Waals surface area contributed by atoms with E-state index in [9.17, 15) is 14.4 Å². The van der Waals surface area contributed by atoms with Gasteiger partial charge in [-0.05, 0) is 18.6 Å². The molecule has 1 aromatic rings. The van der Waals surface area contributed by atoms with Gasteiger partial charge in [0, 0.05) is 24.6 Å². The second kappa shape index (κ2) is 7.73. The third-order valence-electron chi connectivity index (χ3n) is 3.78. The Morgan fingerprint density at radius 3 is 2.96 bits per heavy atom. The molecule has 2 rings (SSSR count). The van der Waals surface area contributed by atoms with Crippen molar-refractivity contribution in [2.45, 2.75) is 25.4 Å². The largest absolute Gasteiger partial charge is 0.491 e. The number of fused-ring (bicyclic) bond motifs is 1. The summed E-state index contributed by atoms with van der Waals surface area (Å²) in [5.41, 5.74) is 1.19. The molecule has 0 saturated carbocycles.